The van der Waals surface area contributed by atoms with E-state index < -0.39 is 11.6 Å². The maximum absolute atomic E-state index is 13.2. The van der Waals surface area contributed by atoms with Gasteiger partial charge < -0.3 is 10.2 Å². The van der Waals surface area contributed by atoms with E-state index in [1.165, 1.54) is 5.56 Å². The average Bonchev–Trinajstić information content (AvgIpc) is 2.97. The number of nitrogens with zero attached hydrogens (tertiary/aromatic N) is 2. The van der Waals surface area contributed by atoms with Crippen LogP contribution in [0.3, 0.4) is 0 Å². The summed E-state index contributed by atoms with van der Waals surface area (Å²) in [5.74, 6) is 0.179. The van der Waals surface area contributed by atoms with Crippen LogP contribution in [0.15, 0.2) is 24.3 Å². The van der Waals surface area contributed by atoms with Crippen LogP contribution in [0, 0.1) is 11.3 Å². The fourth-order valence-electron chi connectivity index (χ4n) is 5.28. The largest absolute Gasteiger partial charge is 0.336 e. The van der Waals surface area contributed by atoms with Gasteiger partial charge in [0.2, 0.25) is 5.91 Å². The number of urea groups is 1. The van der Waals surface area contributed by atoms with Gasteiger partial charge in [0, 0.05) is 13.1 Å². The third-order valence-electron chi connectivity index (χ3n) is 7.88. The molecule has 30 heavy (non-hydrogen) atoms. The summed E-state index contributed by atoms with van der Waals surface area (Å²) < 4.78 is 0. The van der Waals surface area contributed by atoms with E-state index in [4.69, 9.17) is 0 Å². The molecule has 3 aliphatic rings. The van der Waals surface area contributed by atoms with Crippen molar-refractivity contribution in [2.75, 3.05) is 13.1 Å². The standard InChI is InChI=1S/C24H33N3O3/c1-4-23(2,3)19-9-12-24(13-10-19)21(29)27(22(30)25-24)16-20(28)26-14-11-17-7-5-6-8-18(17)15-26/h5-8,19H,4,9-16H2,1-3H3,(H,25,30). The number of rotatable bonds is 4. The van der Waals surface area contributed by atoms with Gasteiger partial charge in [-0.05, 0) is 54.6 Å². The minimum absolute atomic E-state index is 0.161. The first-order chi connectivity index (χ1) is 14.3. The lowest BCUT2D eigenvalue weighted by Crippen LogP contribution is -2.51. The summed E-state index contributed by atoms with van der Waals surface area (Å²) in [6, 6.07) is 7.70. The van der Waals surface area contributed by atoms with Gasteiger partial charge in [0.15, 0.2) is 0 Å². The van der Waals surface area contributed by atoms with Gasteiger partial charge in [-0.25, -0.2) is 4.79 Å². The second-order valence-corrected chi connectivity index (χ2v) is 9.85. The minimum Gasteiger partial charge on any atom is -0.336 e. The highest BCUT2D eigenvalue weighted by molar-refractivity contribution is 6.09. The Labute approximate surface area is 179 Å². The number of fused-ring (bicyclic) bond motifs is 1. The van der Waals surface area contributed by atoms with Crippen LogP contribution in [0.4, 0.5) is 4.79 Å². The molecule has 0 bridgehead atoms. The van der Waals surface area contributed by atoms with Gasteiger partial charge in [-0.1, -0.05) is 51.5 Å². The van der Waals surface area contributed by atoms with Gasteiger partial charge in [-0.3, -0.25) is 14.5 Å². The van der Waals surface area contributed by atoms with Crippen LogP contribution in [0.25, 0.3) is 0 Å². The molecule has 1 N–H and O–H groups in total. The van der Waals surface area contributed by atoms with E-state index in [9.17, 15) is 14.4 Å². The van der Waals surface area contributed by atoms with Crippen molar-refractivity contribution in [3.05, 3.63) is 35.4 Å². The van der Waals surface area contributed by atoms with E-state index in [1.54, 1.807) is 4.90 Å². The maximum atomic E-state index is 13.2. The zero-order valence-electron chi connectivity index (χ0n) is 18.4. The predicted octanol–water partition coefficient (Wildman–Crippen LogP) is 3.49. The Bertz CT molecular complexity index is 855. The summed E-state index contributed by atoms with van der Waals surface area (Å²) in [7, 11) is 0. The lowest BCUT2D eigenvalue weighted by atomic mass is 9.65. The molecule has 1 saturated heterocycles. The molecule has 1 saturated carbocycles. The van der Waals surface area contributed by atoms with E-state index in [2.05, 4.69) is 32.2 Å². The molecule has 1 aromatic rings. The molecule has 6 nitrogen and oxygen atoms in total. The number of carbonyl (C=O) groups is 3. The summed E-state index contributed by atoms with van der Waals surface area (Å²) in [6.45, 7) is 7.77. The number of imide groups is 1. The van der Waals surface area contributed by atoms with Gasteiger partial charge in [-0.15, -0.1) is 0 Å². The molecule has 0 unspecified atom stereocenters. The molecular weight excluding hydrogens is 378 g/mol. The van der Waals surface area contributed by atoms with Crippen LogP contribution in [-0.2, 0) is 22.6 Å². The first kappa shape index (κ1) is 20.9. The average molecular weight is 412 g/mol. The lowest BCUT2D eigenvalue weighted by molar-refractivity contribution is -0.140. The molecule has 2 heterocycles. The lowest BCUT2D eigenvalue weighted by Gasteiger charge is -2.42. The van der Waals surface area contributed by atoms with Crippen molar-refractivity contribution in [2.24, 2.45) is 11.3 Å². The SMILES string of the molecule is CCC(C)(C)C1CCC2(CC1)NC(=O)N(CC(=O)N1CCc3ccccc3C1)C2=O. The van der Waals surface area contributed by atoms with Crippen molar-refractivity contribution in [3.8, 4) is 0 Å². The molecule has 2 aliphatic heterocycles. The minimum atomic E-state index is -0.813. The summed E-state index contributed by atoms with van der Waals surface area (Å²) in [4.78, 5) is 41.6. The molecule has 162 valence electrons. The van der Waals surface area contributed by atoms with Gasteiger partial charge >= 0.3 is 6.03 Å². The molecular formula is C24H33N3O3. The monoisotopic (exact) mass is 411 g/mol. The van der Waals surface area contributed by atoms with E-state index in [1.807, 2.05) is 18.2 Å². The fourth-order valence-corrected chi connectivity index (χ4v) is 5.28. The summed E-state index contributed by atoms with van der Waals surface area (Å²) in [5.41, 5.74) is 1.84. The third-order valence-corrected chi connectivity index (χ3v) is 7.88. The number of carbonyl (C=O) groups excluding carboxylic acids is 3. The summed E-state index contributed by atoms with van der Waals surface area (Å²) in [5, 5.41) is 2.95. The van der Waals surface area contributed by atoms with E-state index in [-0.39, 0.29) is 23.8 Å². The Hall–Kier alpha value is -2.37. The summed E-state index contributed by atoms with van der Waals surface area (Å²) in [6.07, 6.45) is 5.08. The Morgan fingerprint density at radius 1 is 1.17 bits per heavy atom. The first-order valence-corrected chi connectivity index (χ1v) is 11.2. The van der Waals surface area contributed by atoms with Crippen molar-refractivity contribution in [3.63, 3.8) is 0 Å². The second kappa shape index (κ2) is 7.71. The van der Waals surface area contributed by atoms with Crippen molar-refractivity contribution in [2.45, 2.75) is 71.4 Å². The Morgan fingerprint density at radius 3 is 2.50 bits per heavy atom. The second-order valence-electron chi connectivity index (χ2n) is 9.85. The third kappa shape index (κ3) is 3.61. The van der Waals surface area contributed by atoms with Gasteiger partial charge in [0.1, 0.15) is 12.1 Å². The molecule has 1 aliphatic carbocycles. The zero-order valence-corrected chi connectivity index (χ0v) is 18.4. The Balaban J connectivity index is 1.40. The van der Waals surface area contributed by atoms with Gasteiger partial charge in [0.05, 0.1) is 0 Å². The zero-order chi connectivity index (χ0) is 21.5. The van der Waals surface area contributed by atoms with Gasteiger partial charge in [-0.2, -0.15) is 0 Å². The molecule has 1 aromatic carbocycles. The topological polar surface area (TPSA) is 69.7 Å². The molecule has 0 radical (unpaired) electrons. The highest BCUT2D eigenvalue weighted by atomic mass is 16.2. The summed E-state index contributed by atoms with van der Waals surface area (Å²) >= 11 is 0. The normalized spacial score (nSPS) is 26.7. The van der Waals surface area contributed by atoms with Crippen molar-refractivity contribution in [1.29, 1.82) is 0 Å². The molecule has 2 fully saturated rings. The maximum Gasteiger partial charge on any atom is 0.325 e. The van der Waals surface area contributed by atoms with Crippen LogP contribution in [0.1, 0.15) is 64.0 Å². The fraction of sp³-hybridized carbons (Fsp3) is 0.625. The van der Waals surface area contributed by atoms with E-state index in [0.717, 1.165) is 36.1 Å². The van der Waals surface area contributed by atoms with E-state index in [0.29, 0.717) is 31.8 Å². The van der Waals surface area contributed by atoms with Crippen molar-refractivity contribution in [1.82, 2.24) is 15.1 Å². The van der Waals surface area contributed by atoms with Crippen LogP contribution >= 0.6 is 0 Å². The Morgan fingerprint density at radius 2 is 1.83 bits per heavy atom. The van der Waals surface area contributed by atoms with Crippen molar-refractivity contribution >= 4 is 17.8 Å². The van der Waals surface area contributed by atoms with Crippen LogP contribution in [0.5, 0.6) is 0 Å². The number of amides is 4. The van der Waals surface area contributed by atoms with Crippen LogP contribution in [0.2, 0.25) is 0 Å². The van der Waals surface area contributed by atoms with Crippen LogP contribution < -0.4 is 5.32 Å². The number of hydrogen-bond donors (Lipinski definition) is 1. The number of nitrogens with one attached hydrogen (secondary N) is 1. The molecule has 0 atom stereocenters. The van der Waals surface area contributed by atoms with Crippen molar-refractivity contribution < 1.29 is 14.4 Å². The number of hydrogen-bond acceptors (Lipinski definition) is 3. The van der Waals surface area contributed by atoms with Crippen LogP contribution in [-0.4, -0.2) is 46.3 Å². The van der Waals surface area contributed by atoms with E-state index >= 15 is 0 Å². The smallest absolute Gasteiger partial charge is 0.325 e. The number of benzene rings is 1. The molecule has 0 aromatic heterocycles. The molecule has 4 amide bonds. The quantitative estimate of drug-likeness (QED) is 0.771. The molecule has 6 heteroatoms. The molecule has 4 rings (SSSR count). The Kier molecular flexibility index (Phi) is 5.37. The highest BCUT2D eigenvalue weighted by Gasteiger charge is 2.54. The van der Waals surface area contributed by atoms with Gasteiger partial charge in [0.25, 0.3) is 5.91 Å². The first-order valence-electron chi connectivity index (χ1n) is 11.2. The predicted molar refractivity (Wildman–Crippen MR) is 115 cm³/mol. The highest BCUT2D eigenvalue weighted by Crippen LogP contribution is 2.45. The molecule has 1 spiro atoms.